The number of carbonyl (C=O) groups excluding carboxylic acids is 1. The summed E-state index contributed by atoms with van der Waals surface area (Å²) in [6.45, 7) is 2.00. The van der Waals surface area contributed by atoms with E-state index in [4.69, 9.17) is 5.73 Å². The van der Waals surface area contributed by atoms with Gasteiger partial charge < -0.3 is 11.1 Å². The number of aryl methyl sites for hydroxylation is 1. The Morgan fingerprint density at radius 1 is 1.33 bits per heavy atom. The van der Waals surface area contributed by atoms with Crippen molar-refractivity contribution in [3.8, 4) is 0 Å². The van der Waals surface area contributed by atoms with Gasteiger partial charge in [0.05, 0.1) is 0 Å². The van der Waals surface area contributed by atoms with Crippen LogP contribution >= 0.6 is 11.8 Å². The summed E-state index contributed by atoms with van der Waals surface area (Å²) in [4.78, 5) is 19.9. The van der Waals surface area contributed by atoms with Crippen molar-refractivity contribution < 1.29 is 4.79 Å². The first kappa shape index (κ1) is 15.3. The Balaban J connectivity index is 1.71. The smallest absolute Gasteiger partial charge is 0.224 e. The number of hydrogen-bond donors (Lipinski definition) is 2. The van der Waals surface area contributed by atoms with Crippen LogP contribution in [0.1, 0.15) is 18.4 Å². The second-order valence-electron chi connectivity index (χ2n) is 4.62. The molecule has 0 fully saturated rings. The van der Waals surface area contributed by atoms with Crippen molar-refractivity contribution in [2.45, 2.75) is 24.8 Å². The molecule has 0 aliphatic rings. The highest BCUT2D eigenvalue weighted by Crippen LogP contribution is 2.21. The number of hydrogen-bond acceptors (Lipinski definition) is 5. The molecule has 0 bridgehead atoms. The minimum atomic E-state index is 0.0216. The number of benzene rings is 1. The van der Waals surface area contributed by atoms with Gasteiger partial charge in [-0.3, -0.25) is 4.79 Å². The van der Waals surface area contributed by atoms with Crippen molar-refractivity contribution in [2.75, 3.05) is 16.8 Å². The molecule has 6 heteroatoms. The van der Waals surface area contributed by atoms with E-state index in [-0.39, 0.29) is 5.91 Å². The van der Waals surface area contributed by atoms with Gasteiger partial charge in [0.2, 0.25) is 5.91 Å². The van der Waals surface area contributed by atoms with E-state index in [1.807, 2.05) is 31.2 Å². The largest absolute Gasteiger partial charge is 0.381 e. The minimum absolute atomic E-state index is 0.0216. The van der Waals surface area contributed by atoms with Crippen molar-refractivity contribution >= 4 is 29.2 Å². The Kier molecular flexibility index (Phi) is 5.57. The summed E-state index contributed by atoms with van der Waals surface area (Å²) in [5.41, 5.74) is 7.67. The number of nitrogens with two attached hydrogens (primary N) is 1. The van der Waals surface area contributed by atoms with Gasteiger partial charge in [0, 0.05) is 30.3 Å². The van der Waals surface area contributed by atoms with Crippen molar-refractivity contribution in [2.24, 2.45) is 0 Å². The van der Waals surface area contributed by atoms with Crippen LogP contribution in [0.2, 0.25) is 0 Å². The molecule has 2 rings (SSSR count). The molecular formula is C15H18N4OS. The van der Waals surface area contributed by atoms with Gasteiger partial charge in [-0.25, -0.2) is 9.97 Å². The topological polar surface area (TPSA) is 80.9 Å². The third-order valence-electron chi connectivity index (χ3n) is 2.78. The van der Waals surface area contributed by atoms with Crippen LogP contribution in [-0.4, -0.2) is 21.6 Å². The molecule has 0 radical (unpaired) electrons. The Morgan fingerprint density at radius 3 is 2.90 bits per heavy atom. The first-order chi connectivity index (χ1) is 10.1. The summed E-state index contributed by atoms with van der Waals surface area (Å²) in [7, 11) is 0. The maximum Gasteiger partial charge on any atom is 0.224 e. The second-order valence-corrected chi connectivity index (χ2v) is 5.70. The lowest BCUT2D eigenvalue weighted by Gasteiger charge is -2.06. The Bertz CT molecular complexity index is 618. The van der Waals surface area contributed by atoms with Crippen LogP contribution in [0.5, 0.6) is 0 Å². The fourth-order valence-electron chi connectivity index (χ4n) is 1.80. The summed E-state index contributed by atoms with van der Waals surface area (Å²) in [6, 6.07) is 7.77. The van der Waals surface area contributed by atoms with Gasteiger partial charge in [0.25, 0.3) is 0 Å². The lowest BCUT2D eigenvalue weighted by atomic mass is 10.2. The summed E-state index contributed by atoms with van der Waals surface area (Å²) >= 11 is 1.52. The zero-order valence-corrected chi connectivity index (χ0v) is 12.7. The van der Waals surface area contributed by atoms with Gasteiger partial charge >= 0.3 is 0 Å². The number of thioether (sulfide) groups is 1. The molecule has 21 heavy (non-hydrogen) atoms. The third-order valence-corrected chi connectivity index (χ3v) is 3.86. The molecule has 0 saturated carbocycles. The molecule has 2 aromatic rings. The summed E-state index contributed by atoms with van der Waals surface area (Å²) in [6.07, 6.45) is 4.41. The van der Waals surface area contributed by atoms with E-state index in [2.05, 4.69) is 15.3 Å². The van der Waals surface area contributed by atoms with E-state index in [1.165, 1.54) is 11.8 Å². The molecule has 0 spiro atoms. The molecule has 0 unspecified atom stereocenters. The lowest BCUT2D eigenvalue weighted by Crippen LogP contribution is -2.11. The van der Waals surface area contributed by atoms with Crippen LogP contribution in [-0.2, 0) is 4.79 Å². The Morgan fingerprint density at radius 2 is 2.14 bits per heavy atom. The lowest BCUT2D eigenvalue weighted by molar-refractivity contribution is -0.116. The molecule has 1 heterocycles. The highest BCUT2D eigenvalue weighted by molar-refractivity contribution is 7.99. The molecular weight excluding hydrogens is 284 g/mol. The number of amides is 1. The molecule has 0 aliphatic carbocycles. The average Bonchev–Trinajstić information content (AvgIpc) is 2.45. The van der Waals surface area contributed by atoms with Gasteiger partial charge in [0.15, 0.2) is 5.82 Å². The maximum absolute atomic E-state index is 11.8. The van der Waals surface area contributed by atoms with Crippen LogP contribution in [0.3, 0.4) is 0 Å². The Hall–Kier alpha value is -2.08. The van der Waals surface area contributed by atoms with Gasteiger partial charge in [-0.15, -0.1) is 11.8 Å². The number of carbonyl (C=O) groups is 1. The molecule has 110 valence electrons. The first-order valence-corrected chi connectivity index (χ1v) is 7.69. The monoisotopic (exact) mass is 302 g/mol. The van der Waals surface area contributed by atoms with Crippen LogP contribution in [0, 0.1) is 6.92 Å². The van der Waals surface area contributed by atoms with E-state index in [9.17, 15) is 4.79 Å². The van der Waals surface area contributed by atoms with E-state index < -0.39 is 0 Å². The zero-order valence-electron chi connectivity index (χ0n) is 11.9. The van der Waals surface area contributed by atoms with Gasteiger partial charge in [-0.1, -0.05) is 12.1 Å². The maximum atomic E-state index is 11.8. The standard InChI is InChI=1S/C15H18N4OS/c1-11-4-2-5-12(10-11)19-13(20)6-3-9-21-15-14(16)17-7-8-18-15/h2,4-5,7-8,10H,3,6,9H2,1H3,(H2,16,17)(H,19,20). The minimum Gasteiger partial charge on any atom is -0.381 e. The molecule has 0 saturated heterocycles. The molecule has 5 nitrogen and oxygen atoms in total. The quantitative estimate of drug-likeness (QED) is 0.633. The molecule has 1 aromatic carbocycles. The van der Waals surface area contributed by atoms with Crippen LogP contribution in [0.15, 0.2) is 41.7 Å². The van der Waals surface area contributed by atoms with Crippen molar-refractivity contribution in [3.63, 3.8) is 0 Å². The third kappa shape index (κ3) is 5.07. The van der Waals surface area contributed by atoms with Crippen molar-refractivity contribution in [1.82, 2.24) is 9.97 Å². The highest BCUT2D eigenvalue weighted by Gasteiger charge is 2.05. The number of rotatable bonds is 6. The first-order valence-electron chi connectivity index (χ1n) is 6.71. The van der Waals surface area contributed by atoms with Gasteiger partial charge in [-0.05, 0) is 31.0 Å². The Labute approximate surface area is 128 Å². The number of nitrogen functional groups attached to an aromatic ring is 1. The zero-order chi connectivity index (χ0) is 15.1. The van der Waals surface area contributed by atoms with E-state index in [0.29, 0.717) is 12.2 Å². The van der Waals surface area contributed by atoms with E-state index in [0.717, 1.165) is 28.5 Å². The summed E-state index contributed by atoms with van der Waals surface area (Å²) < 4.78 is 0. The number of nitrogens with zero attached hydrogens (tertiary/aromatic N) is 2. The van der Waals surface area contributed by atoms with Gasteiger partial charge in [-0.2, -0.15) is 0 Å². The van der Waals surface area contributed by atoms with E-state index in [1.54, 1.807) is 12.4 Å². The van der Waals surface area contributed by atoms with E-state index >= 15 is 0 Å². The van der Waals surface area contributed by atoms with Crippen LogP contribution < -0.4 is 11.1 Å². The molecule has 0 aliphatic heterocycles. The molecule has 1 amide bonds. The van der Waals surface area contributed by atoms with Crippen LogP contribution in [0.4, 0.5) is 11.5 Å². The second kappa shape index (κ2) is 7.64. The van der Waals surface area contributed by atoms with Crippen molar-refractivity contribution in [1.29, 1.82) is 0 Å². The average molecular weight is 302 g/mol. The SMILES string of the molecule is Cc1cccc(NC(=O)CCCSc2nccnc2N)c1. The molecule has 1 aromatic heterocycles. The number of nitrogens with one attached hydrogen (secondary N) is 1. The fraction of sp³-hybridized carbons (Fsp3) is 0.267. The fourth-order valence-corrected chi connectivity index (χ4v) is 2.61. The normalized spacial score (nSPS) is 10.3. The molecule has 3 N–H and O–H groups in total. The predicted octanol–water partition coefficient (Wildman–Crippen LogP) is 2.88. The highest BCUT2D eigenvalue weighted by atomic mass is 32.2. The summed E-state index contributed by atoms with van der Waals surface area (Å²) in [5.74, 6) is 1.24. The summed E-state index contributed by atoms with van der Waals surface area (Å²) in [5, 5.41) is 3.61. The number of anilines is 2. The molecule has 0 atom stereocenters. The number of aromatic nitrogens is 2. The van der Waals surface area contributed by atoms with Gasteiger partial charge in [0.1, 0.15) is 5.03 Å². The van der Waals surface area contributed by atoms with Crippen molar-refractivity contribution in [3.05, 3.63) is 42.2 Å². The predicted molar refractivity (Wildman–Crippen MR) is 86.2 cm³/mol. The van der Waals surface area contributed by atoms with Crippen LogP contribution in [0.25, 0.3) is 0 Å².